The highest BCUT2D eigenvalue weighted by Crippen LogP contribution is 2.24. The van der Waals surface area contributed by atoms with Crippen LogP contribution in [0.2, 0.25) is 0 Å². The fourth-order valence-corrected chi connectivity index (χ4v) is 3.00. The molecule has 0 bridgehead atoms. The standard InChI is InChI=1S/C19H23FN2O/c20-18-8-5-16(13-19(18)22-11-1-2-12-22)14-21-10-9-15-3-6-17(23)7-4-15/h3-8,13,21,23H,1-2,9-12,14H2. The number of nitrogens with one attached hydrogen (secondary N) is 1. The first-order valence-electron chi connectivity index (χ1n) is 8.24. The molecule has 1 fully saturated rings. The molecule has 0 amide bonds. The van der Waals surface area contributed by atoms with Crippen molar-refractivity contribution >= 4 is 5.69 Å². The van der Waals surface area contributed by atoms with Crippen LogP contribution in [0.25, 0.3) is 0 Å². The number of rotatable bonds is 6. The molecule has 0 radical (unpaired) electrons. The molecule has 0 spiro atoms. The van der Waals surface area contributed by atoms with Crippen LogP contribution < -0.4 is 10.2 Å². The molecule has 1 aliphatic rings. The lowest BCUT2D eigenvalue weighted by atomic mass is 10.1. The molecule has 0 saturated carbocycles. The SMILES string of the molecule is Oc1ccc(CCNCc2ccc(F)c(N3CCCC3)c2)cc1. The summed E-state index contributed by atoms with van der Waals surface area (Å²) < 4.78 is 14.0. The average molecular weight is 314 g/mol. The first-order valence-corrected chi connectivity index (χ1v) is 8.24. The second-order valence-electron chi connectivity index (χ2n) is 6.07. The Balaban J connectivity index is 1.52. The summed E-state index contributed by atoms with van der Waals surface area (Å²) in [6, 6.07) is 12.7. The van der Waals surface area contributed by atoms with E-state index in [0.717, 1.165) is 56.7 Å². The van der Waals surface area contributed by atoms with Crippen molar-refractivity contribution in [3.8, 4) is 5.75 Å². The Morgan fingerprint density at radius 3 is 2.43 bits per heavy atom. The van der Waals surface area contributed by atoms with Crippen molar-refractivity contribution in [2.75, 3.05) is 24.5 Å². The molecule has 122 valence electrons. The minimum absolute atomic E-state index is 0.125. The van der Waals surface area contributed by atoms with Gasteiger partial charge in [0.15, 0.2) is 0 Å². The van der Waals surface area contributed by atoms with Crippen LogP contribution in [0.3, 0.4) is 0 Å². The van der Waals surface area contributed by atoms with Crippen LogP contribution in [0.1, 0.15) is 24.0 Å². The topological polar surface area (TPSA) is 35.5 Å². The van der Waals surface area contributed by atoms with E-state index >= 15 is 0 Å². The molecular weight excluding hydrogens is 291 g/mol. The van der Waals surface area contributed by atoms with Gasteiger partial charge in [-0.1, -0.05) is 18.2 Å². The Kier molecular flexibility index (Phi) is 5.13. The molecule has 2 N–H and O–H groups in total. The zero-order valence-electron chi connectivity index (χ0n) is 13.3. The second kappa shape index (κ2) is 7.47. The molecule has 4 heteroatoms. The Morgan fingerprint density at radius 2 is 1.70 bits per heavy atom. The molecule has 23 heavy (non-hydrogen) atoms. The molecule has 0 aromatic heterocycles. The Bertz CT molecular complexity index is 636. The summed E-state index contributed by atoms with van der Waals surface area (Å²) in [4.78, 5) is 2.13. The normalized spacial score (nSPS) is 14.4. The molecule has 0 atom stereocenters. The molecule has 2 aromatic carbocycles. The average Bonchev–Trinajstić information content (AvgIpc) is 3.09. The summed E-state index contributed by atoms with van der Waals surface area (Å²) in [5, 5.41) is 12.7. The van der Waals surface area contributed by atoms with Crippen LogP contribution in [0, 0.1) is 5.82 Å². The van der Waals surface area contributed by atoms with Crippen molar-refractivity contribution in [2.45, 2.75) is 25.8 Å². The maximum Gasteiger partial charge on any atom is 0.146 e. The smallest absolute Gasteiger partial charge is 0.146 e. The van der Waals surface area contributed by atoms with E-state index in [0.29, 0.717) is 5.75 Å². The van der Waals surface area contributed by atoms with Crippen molar-refractivity contribution in [1.29, 1.82) is 0 Å². The minimum atomic E-state index is -0.125. The first-order chi connectivity index (χ1) is 11.2. The van der Waals surface area contributed by atoms with Gasteiger partial charge in [0, 0.05) is 19.6 Å². The molecule has 3 rings (SSSR count). The summed E-state index contributed by atoms with van der Waals surface area (Å²) in [5.41, 5.74) is 3.03. The fourth-order valence-electron chi connectivity index (χ4n) is 3.00. The Labute approximate surface area is 136 Å². The lowest BCUT2D eigenvalue weighted by Gasteiger charge is -2.19. The van der Waals surface area contributed by atoms with Gasteiger partial charge in [-0.05, 0) is 61.2 Å². The predicted octanol–water partition coefficient (Wildman–Crippen LogP) is 3.46. The highest BCUT2D eigenvalue weighted by molar-refractivity contribution is 5.50. The number of hydrogen-bond acceptors (Lipinski definition) is 3. The fraction of sp³-hybridized carbons (Fsp3) is 0.368. The highest BCUT2D eigenvalue weighted by Gasteiger charge is 2.16. The van der Waals surface area contributed by atoms with Gasteiger partial charge in [0.25, 0.3) is 0 Å². The van der Waals surface area contributed by atoms with Crippen molar-refractivity contribution in [3.63, 3.8) is 0 Å². The van der Waals surface area contributed by atoms with E-state index in [9.17, 15) is 9.50 Å². The highest BCUT2D eigenvalue weighted by atomic mass is 19.1. The molecule has 1 heterocycles. The number of benzene rings is 2. The van der Waals surface area contributed by atoms with Gasteiger partial charge in [-0.3, -0.25) is 0 Å². The van der Waals surface area contributed by atoms with Crippen LogP contribution in [0.5, 0.6) is 5.75 Å². The molecule has 0 unspecified atom stereocenters. The van der Waals surface area contributed by atoms with Gasteiger partial charge in [0.2, 0.25) is 0 Å². The van der Waals surface area contributed by atoms with Crippen LogP contribution in [0.4, 0.5) is 10.1 Å². The van der Waals surface area contributed by atoms with E-state index in [4.69, 9.17) is 0 Å². The van der Waals surface area contributed by atoms with E-state index in [1.807, 2.05) is 24.3 Å². The lowest BCUT2D eigenvalue weighted by Crippen LogP contribution is -2.20. The Hall–Kier alpha value is -2.07. The minimum Gasteiger partial charge on any atom is -0.508 e. The summed E-state index contributed by atoms with van der Waals surface area (Å²) in [5.74, 6) is 0.169. The van der Waals surface area contributed by atoms with Gasteiger partial charge in [0.1, 0.15) is 11.6 Å². The van der Waals surface area contributed by atoms with E-state index < -0.39 is 0 Å². The second-order valence-corrected chi connectivity index (χ2v) is 6.07. The molecule has 1 saturated heterocycles. The van der Waals surface area contributed by atoms with E-state index in [2.05, 4.69) is 10.2 Å². The lowest BCUT2D eigenvalue weighted by molar-refractivity contribution is 0.475. The third kappa shape index (κ3) is 4.23. The summed E-state index contributed by atoms with van der Waals surface area (Å²) in [7, 11) is 0. The van der Waals surface area contributed by atoms with Gasteiger partial charge in [-0.15, -0.1) is 0 Å². The quantitative estimate of drug-likeness (QED) is 0.802. The summed E-state index contributed by atoms with van der Waals surface area (Å²) in [6.07, 6.45) is 3.20. The third-order valence-corrected chi connectivity index (χ3v) is 4.31. The number of phenolic OH excluding ortho intramolecular Hbond substituents is 1. The largest absolute Gasteiger partial charge is 0.508 e. The first kappa shape index (κ1) is 15.8. The van der Waals surface area contributed by atoms with E-state index in [1.54, 1.807) is 18.2 Å². The number of halogens is 1. The van der Waals surface area contributed by atoms with Crippen molar-refractivity contribution in [1.82, 2.24) is 5.32 Å². The van der Waals surface area contributed by atoms with Crippen molar-refractivity contribution in [2.24, 2.45) is 0 Å². The van der Waals surface area contributed by atoms with Gasteiger partial charge >= 0.3 is 0 Å². The van der Waals surface area contributed by atoms with Crippen LogP contribution in [-0.2, 0) is 13.0 Å². The van der Waals surface area contributed by atoms with Crippen LogP contribution in [-0.4, -0.2) is 24.7 Å². The van der Waals surface area contributed by atoms with Crippen molar-refractivity contribution < 1.29 is 9.50 Å². The van der Waals surface area contributed by atoms with Crippen LogP contribution >= 0.6 is 0 Å². The van der Waals surface area contributed by atoms with E-state index in [1.165, 1.54) is 5.56 Å². The van der Waals surface area contributed by atoms with Crippen molar-refractivity contribution in [3.05, 3.63) is 59.4 Å². The number of nitrogens with zero attached hydrogens (tertiary/aromatic N) is 1. The molecular formula is C19H23FN2O. The number of anilines is 1. The van der Waals surface area contributed by atoms with E-state index in [-0.39, 0.29) is 5.82 Å². The third-order valence-electron chi connectivity index (χ3n) is 4.31. The van der Waals surface area contributed by atoms with Gasteiger partial charge in [-0.2, -0.15) is 0 Å². The monoisotopic (exact) mass is 314 g/mol. The molecule has 2 aromatic rings. The van der Waals surface area contributed by atoms with Gasteiger partial charge < -0.3 is 15.3 Å². The zero-order chi connectivity index (χ0) is 16.1. The zero-order valence-corrected chi connectivity index (χ0v) is 13.3. The summed E-state index contributed by atoms with van der Waals surface area (Å²) >= 11 is 0. The van der Waals surface area contributed by atoms with Crippen LogP contribution in [0.15, 0.2) is 42.5 Å². The number of hydrogen-bond donors (Lipinski definition) is 2. The molecule has 3 nitrogen and oxygen atoms in total. The Morgan fingerprint density at radius 1 is 1.00 bits per heavy atom. The van der Waals surface area contributed by atoms with Gasteiger partial charge in [0.05, 0.1) is 5.69 Å². The number of phenols is 1. The molecule has 1 aliphatic heterocycles. The number of aromatic hydroxyl groups is 1. The predicted molar refractivity (Wildman–Crippen MR) is 91.4 cm³/mol. The maximum atomic E-state index is 14.0. The maximum absolute atomic E-state index is 14.0. The summed E-state index contributed by atoms with van der Waals surface area (Å²) in [6.45, 7) is 3.49. The molecule has 0 aliphatic carbocycles. The van der Waals surface area contributed by atoms with Gasteiger partial charge in [-0.25, -0.2) is 4.39 Å².